The van der Waals surface area contributed by atoms with Crippen LogP contribution in [0.4, 0.5) is 11.4 Å². The molecule has 0 saturated heterocycles. The van der Waals surface area contributed by atoms with E-state index < -0.39 is 0 Å². The third-order valence-electron chi connectivity index (χ3n) is 4.04. The molecule has 0 aliphatic heterocycles. The van der Waals surface area contributed by atoms with E-state index in [9.17, 15) is 10.1 Å². The molecule has 1 aliphatic carbocycles. The number of fused-ring (bicyclic) bond motifs is 1. The third-order valence-corrected chi connectivity index (χ3v) is 4.84. The second kappa shape index (κ2) is 5.36. The maximum absolute atomic E-state index is 11.3. The highest BCUT2D eigenvalue weighted by molar-refractivity contribution is 7.16. The van der Waals surface area contributed by atoms with Gasteiger partial charge < -0.3 is 5.32 Å². The van der Waals surface area contributed by atoms with Crippen molar-refractivity contribution in [3.05, 3.63) is 27.8 Å². The molecule has 0 spiro atoms. The molecule has 1 aliphatic rings. The summed E-state index contributed by atoms with van der Waals surface area (Å²) in [6, 6.07) is 3.70. The highest BCUT2D eigenvalue weighted by Gasteiger charge is 2.24. The highest BCUT2D eigenvalue weighted by atomic mass is 32.1. The maximum Gasteiger partial charge on any atom is 0.319 e. The molecule has 1 aromatic carbocycles. The van der Waals surface area contributed by atoms with Crippen LogP contribution in [0, 0.1) is 22.0 Å². The van der Waals surface area contributed by atoms with E-state index in [0.717, 1.165) is 17.2 Å². The van der Waals surface area contributed by atoms with Crippen molar-refractivity contribution in [3.63, 3.8) is 0 Å². The van der Waals surface area contributed by atoms with E-state index in [1.54, 1.807) is 11.6 Å². The largest absolute Gasteiger partial charge is 0.379 e. The van der Waals surface area contributed by atoms with E-state index in [-0.39, 0.29) is 10.6 Å². The minimum Gasteiger partial charge on any atom is -0.379 e. The number of anilines is 1. The Hall–Kier alpha value is -1.69. The quantitative estimate of drug-likeness (QED) is 0.681. The van der Waals surface area contributed by atoms with Crippen LogP contribution in [0.25, 0.3) is 10.2 Å². The average molecular weight is 291 g/mol. The van der Waals surface area contributed by atoms with Crippen molar-refractivity contribution >= 4 is 32.9 Å². The molecule has 2 atom stereocenters. The summed E-state index contributed by atoms with van der Waals surface area (Å²) in [4.78, 5) is 15.1. The van der Waals surface area contributed by atoms with Gasteiger partial charge in [0.25, 0.3) is 0 Å². The summed E-state index contributed by atoms with van der Waals surface area (Å²) in [5, 5.41) is 14.6. The van der Waals surface area contributed by atoms with Gasteiger partial charge in [-0.05, 0) is 36.8 Å². The fourth-order valence-corrected chi connectivity index (χ4v) is 3.69. The summed E-state index contributed by atoms with van der Waals surface area (Å²) >= 11 is 1.43. The molecule has 20 heavy (non-hydrogen) atoms. The predicted octanol–water partition coefficient (Wildman–Crippen LogP) is 4.05. The smallest absolute Gasteiger partial charge is 0.319 e. The molecule has 6 heteroatoms. The molecule has 106 valence electrons. The number of aromatic nitrogens is 1. The predicted molar refractivity (Wildman–Crippen MR) is 81.3 cm³/mol. The first kappa shape index (κ1) is 13.3. The number of rotatable bonds is 4. The Labute approximate surface area is 121 Å². The Morgan fingerprint density at radius 3 is 3.05 bits per heavy atom. The molecular formula is C14H17N3O2S. The summed E-state index contributed by atoms with van der Waals surface area (Å²) in [5.74, 6) is 1.40. The van der Waals surface area contributed by atoms with Gasteiger partial charge in [0.1, 0.15) is 5.69 Å². The van der Waals surface area contributed by atoms with Crippen molar-refractivity contribution < 1.29 is 4.92 Å². The molecular weight excluding hydrogens is 274 g/mol. The summed E-state index contributed by atoms with van der Waals surface area (Å²) in [5.41, 5.74) is 2.84. The van der Waals surface area contributed by atoms with Crippen molar-refractivity contribution in [3.8, 4) is 0 Å². The second-order valence-electron chi connectivity index (χ2n) is 5.58. The van der Waals surface area contributed by atoms with Crippen molar-refractivity contribution in [2.45, 2.75) is 26.2 Å². The van der Waals surface area contributed by atoms with Crippen LogP contribution in [-0.2, 0) is 0 Å². The van der Waals surface area contributed by atoms with Gasteiger partial charge in [-0.15, -0.1) is 11.3 Å². The molecule has 0 amide bonds. The van der Waals surface area contributed by atoms with Gasteiger partial charge >= 0.3 is 5.69 Å². The normalized spacial score (nSPS) is 22.2. The molecule has 1 aromatic heterocycles. The van der Waals surface area contributed by atoms with Crippen LogP contribution in [0.1, 0.15) is 26.2 Å². The van der Waals surface area contributed by atoms with E-state index in [1.807, 2.05) is 6.07 Å². The van der Waals surface area contributed by atoms with Gasteiger partial charge in [0, 0.05) is 6.54 Å². The van der Waals surface area contributed by atoms with Gasteiger partial charge in [-0.25, -0.2) is 4.98 Å². The van der Waals surface area contributed by atoms with Crippen LogP contribution in [-0.4, -0.2) is 16.5 Å². The monoisotopic (exact) mass is 291 g/mol. The Morgan fingerprint density at radius 2 is 2.35 bits per heavy atom. The second-order valence-corrected chi connectivity index (χ2v) is 6.47. The Kier molecular flexibility index (Phi) is 3.56. The van der Waals surface area contributed by atoms with Crippen LogP contribution < -0.4 is 5.32 Å². The minimum atomic E-state index is -0.332. The van der Waals surface area contributed by atoms with Crippen molar-refractivity contribution in [1.29, 1.82) is 0 Å². The molecule has 0 radical (unpaired) electrons. The molecule has 2 unspecified atom stereocenters. The number of hydrogen-bond donors (Lipinski definition) is 1. The molecule has 2 aromatic rings. The highest BCUT2D eigenvalue weighted by Crippen LogP contribution is 2.35. The van der Waals surface area contributed by atoms with Crippen LogP contribution in [0.2, 0.25) is 0 Å². The van der Waals surface area contributed by atoms with Crippen molar-refractivity contribution in [2.24, 2.45) is 11.8 Å². The molecule has 1 saturated carbocycles. The number of hydrogen-bond acceptors (Lipinski definition) is 5. The Balaban J connectivity index is 1.83. The zero-order valence-electron chi connectivity index (χ0n) is 11.3. The zero-order valence-corrected chi connectivity index (χ0v) is 12.2. The lowest BCUT2D eigenvalue weighted by molar-refractivity contribution is -0.382. The van der Waals surface area contributed by atoms with E-state index in [1.165, 1.54) is 30.6 Å². The van der Waals surface area contributed by atoms with E-state index in [0.29, 0.717) is 17.1 Å². The van der Waals surface area contributed by atoms with E-state index >= 15 is 0 Å². The molecule has 1 fully saturated rings. The van der Waals surface area contributed by atoms with Gasteiger partial charge in [0.05, 0.1) is 15.1 Å². The van der Waals surface area contributed by atoms with E-state index in [2.05, 4.69) is 17.2 Å². The lowest BCUT2D eigenvalue weighted by atomic mass is 10.1. The Morgan fingerprint density at radius 1 is 1.50 bits per heavy atom. The summed E-state index contributed by atoms with van der Waals surface area (Å²) in [7, 11) is 0. The first-order valence-corrected chi connectivity index (χ1v) is 7.77. The summed E-state index contributed by atoms with van der Waals surface area (Å²) in [6.45, 7) is 3.07. The maximum atomic E-state index is 11.3. The summed E-state index contributed by atoms with van der Waals surface area (Å²) < 4.78 is 0.858. The fraction of sp³-hybridized carbons (Fsp3) is 0.500. The lowest BCUT2D eigenvalue weighted by Gasteiger charge is -2.12. The standard InChI is InChI=1S/C14H17N3O2S/c1-9-2-3-10(6-9)7-15-11-4-5-12-13(16-8-20-12)14(11)17(18)19/h4-5,8-10,15H,2-3,6-7H2,1H3. The van der Waals surface area contributed by atoms with Crippen LogP contribution in [0.3, 0.4) is 0 Å². The van der Waals surface area contributed by atoms with E-state index in [4.69, 9.17) is 0 Å². The van der Waals surface area contributed by atoms with Gasteiger partial charge in [0.2, 0.25) is 0 Å². The average Bonchev–Trinajstić information content (AvgIpc) is 3.03. The summed E-state index contributed by atoms with van der Waals surface area (Å²) in [6.07, 6.45) is 3.68. The number of nitrogens with one attached hydrogen (secondary N) is 1. The molecule has 1 N–H and O–H groups in total. The first-order chi connectivity index (χ1) is 9.65. The first-order valence-electron chi connectivity index (χ1n) is 6.89. The fourth-order valence-electron chi connectivity index (χ4n) is 3.01. The molecule has 5 nitrogen and oxygen atoms in total. The molecule has 0 bridgehead atoms. The molecule has 3 rings (SSSR count). The van der Waals surface area contributed by atoms with Crippen LogP contribution in [0.5, 0.6) is 0 Å². The number of thiazole rings is 1. The molecule has 1 heterocycles. The van der Waals surface area contributed by atoms with Gasteiger partial charge in [-0.2, -0.15) is 0 Å². The van der Waals surface area contributed by atoms with Gasteiger partial charge in [-0.1, -0.05) is 13.3 Å². The number of nitrogens with zero attached hydrogens (tertiary/aromatic N) is 2. The number of nitro groups is 1. The third kappa shape index (κ3) is 2.47. The number of nitro benzene ring substituents is 1. The Bertz CT molecular complexity index is 640. The van der Waals surface area contributed by atoms with Crippen molar-refractivity contribution in [2.75, 3.05) is 11.9 Å². The number of benzene rings is 1. The van der Waals surface area contributed by atoms with Crippen LogP contribution >= 0.6 is 11.3 Å². The lowest BCUT2D eigenvalue weighted by Crippen LogP contribution is -2.12. The minimum absolute atomic E-state index is 0.106. The van der Waals surface area contributed by atoms with Gasteiger partial charge in [0.15, 0.2) is 5.52 Å². The van der Waals surface area contributed by atoms with Crippen LogP contribution in [0.15, 0.2) is 17.6 Å². The zero-order chi connectivity index (χ0) is 14.1. The van der Waals surface area contributed by atoms with Gasteiger partial charge in [-0.3, -0.25) is 10.1 Å². The SMILES string of the molecule is CC1CCC(CNc2ccc3scnc3c2[N+](=O)[O-])C1. The topological polar surface area (TPSA) is 68.1 Å². The van der Waals surface area contributed by atoms with Crippen molar-refractivity contribution in [1.82, 2.24) is 4.98 Å².